The average Bonchev–Trinajstić information content (AvgIpc) is 3.01. The standard InChI is InChI=1S/C17H13FO2S/c1-10-14(6-11-4-5-21-9-11)13-3-2-12(18)7-16(13)15(10)8-17(19)20/h2-7,9H,8H2,1H3,(H,19,20). The van der Waals surface area contributed by atoms with Crippen molar-refractivity contribution < 1.29 is 14.3 Å². The Kier molecular flexibility index (Phi) is 3.47. The van der Waals surface area contributed by atoms with E-state index in [2.05, 4.69) is 0 Å². The van der Waals surface area contributed by atoms with Gasteiger partial charge in [-0.05, 0) is 75.4 Å². The summed E-state index contributed by atoms with van der Waals surface area (Å²) >= 11 is 1.60. The third-order valence-electron chi connectivity index (χ3n) is 3.64. The minimum Gasteiger partial charge on any atom is -0.481 e. The summed E-state index contributed by atoms with van der Waals surface area (Å²) < 4.78 is 13.5. The molecule has 3 rings (SSSR count). The molecule has 1 aromatic heterocycles. The number of hydrogen-bond acceptors (Lipinski definition) is 2. The van der Waals surface area contributed by atoms with Crippen molar-refractivity contribution in [1.29, 1.82) is 0 Å². The molecule has 1 heterocycles. The maximum absolute atomic E-state index is 13.5. The highest BCUT2D eigenvalue weighted by Crippen LogP contribution is 2.43. The van der Waals surface area contributed by atoms with Gasteiger partial charge in [-0.1, -0.05) is 6.07 Å². The normalized spacial score (nSPS) is 15.6. The maximum Gasteiger partial charge on any atom is 0.307 e. The minimum absolute atomic E-state index is 0.0940. The number of benzene rings is 1. The first-order chi connectivity index (χ1) is 10.1. The van der Waals surface area contributed by atoms with E-state index in [1.165, 1.54) is 12.1 Å². The Morgan fingerprint density at radius 2 is 2.14 bits per heavy atom. The Morgan fingerprint density at radius 1 is 1.33 bits per heavy atom. The summed E-state index contributed by atoms with van der Waals surface area (Å²) in [6, 6.07) is 6.56. The van der Waals surface area contributed by atoms with Crippen LogP contribution in [0, 0.1) is 5.82 Å². The van der Waals surface area contributed by atoms with Crippen LogP contribution in [0.1, 0.15) is 30.0 Å². The number of thiophene rings is 1. The Bertz CT molecular complexity index is 770. The van der Waals surface area contributed by atoms with E-state index in [0.717, 1.165) is 22.3 Å². The quantitative estimate of drug-likeness (QED) is 0.893. The van der Waals surface area contributed by atoms with Gasteiger partial charge in [0.05, 0.1) is 6.42 Å². The van der Waals surface area contributed by atoms with Crippen LogP contribution < -0.4 is 0 Å². The van der Waals surface area contributed by atoms with Crippen molar-refractivity contribution in [2.75, 3.05) is 0 Å². The molecule has 1 N–H and O–H groups in total. The molecule has 0 amide bonds. The lowest BCUT2D eigenvalue weighted by molar-refractivity contribution is -0.135. The first kappa shape index (κ1) is 13.8. The Labute approximate surface area is 125 Å². The first-order valence-electron chi connectivity index (χ1n) is 6.52. The molecular weight excluding hydrogens is 287 g/mol. The van der Waals surface area contributed by atoms with E-state index < -0.39 is 5.97 Å². The molecule has 106 valence electrons. The molecule has 1 aliphatic rings. The monoisotopic (exact) mass is 300 g/mol. The first-order valence-corrected chi connectivity index (χ1v) is 7.46. The van der Waals surface area contributed by atoms with Gasteiger partial charge in [0.2, 0.25) is 0 Å². The fourth-order valence-electron chi connectivity index (χ4n) is 2.66. The molecular formula is C17H13FO2S. The van der Waals surface area contributed by atoms with Crippen molar-refractivity contribution in [2.24, 2.45) is 0 Å². The van der Waals surface area contributed by atoms with Gasteiger partial charge in [-0.2, -0.15) is 11.3 Å². The topological polar surface area (TPSA) is 37.3 Å². The fraction of sp³-hybridized carbons (Fsp3) is 0.118. The third-order valence-corrected chi connectivity index (χ3v) is 4.34. The van der Waals surface area contributed by atoms with Gasteiger partial charge in [0.1, 0.15) is 5.82 Å². The fourth-order valence-corrected chi connectivity index (χ4v) is 3.27. The van der Waals surface area contributed by atoms with E-state index in [4.69, 9.17) is 5.11 Å². The van der Waals surface area contributed by atoms with Crippen LogP contribution in [0.3, 0.4) is 0 Å². The predicted octanol–water partition coefficient (Wildman–Crippen LogP) is 4.69. The molecule has 4 heteroatoms. The second kappa shape index (κ2) is 5.30. The molecule has 0 radical (unpaired) electrons. The number of carboxylic acid groups (broad SMARTS) is 1. The summed E-state index contributed by atoms with van der Waals surface area (Å²) in [7, 11) is 0. The molecule has 0 bridgehead atoms. The number of halogens is 1. The number of carbonyl (C=O) groups is 1. The summed E-state index contributed by atoms with van der Waals surface area (Å²) in [6.07, 6.45) is 1.93. The maximum atomic E-state index is 13.5. The molecule has 0 saturated carbocycles. The van der Waals surface area contributed by atoms with Crippen LogP contribution in [0.15, 0.2) is 40.6 Å². The number of fused-ring (bicyclic) bond motifs is 1. The molecule has 2 nitrogen and oxygen atoms in total. The second-order valence-corrected chi connectivity index (χ2v) is 5.76. The molecule has 0 fully saturated rings. The van der Waals surface area contributed by atoms with E-state index in [-0.39, 0.29) is 12.2 Å². The molecule has 0 saturated heterocycles. The minimum atomic E-state index is -0.906. The molecule has 0 aliphatic heterocycles. The zero-order valence-corrected chi connectivity index (χ0v) is 12.2. The number of carboxylic acids is 1. The highest BCUT2D eigenvalue weighted by molar-refractivity contribution is 7.08. The van der Waals surface area contributed by atoms with Crippen LogP contribution in [0.4, 0.5) is 4.39 Å². The Morgan fingerprint density at radius 3 is 2.81 bits per heavy atom. The lowest BCUT2D eigenvalue weighted by atomic mass is 10.0. The van der Waals surface area contributed by atoms with Crippen molar-refractivity contribution in [3.63, 3.8) is 0 Å². The molecule has 0 spiro atoms. The zero-order valence-electron chi connectivity index (χ0n) is 11.4. The van der Waals surface area contributed by atoms with Crippen molar-refractivity contribution in [2.45, 2.75) is 13.3 Å². The zero-order chi connectivity index (χ0) is 15.0. The van der Waals surface area contributed by atoms with Crippen molar-refractivity contribution in [3.05, 3.63) is 63.1 Å². The summed E-state index contributed by atoms with van der Waals surface area (Å²) in [6.45, 7) is 1.90. The van der Waals surface area contributed by atoms with Crippen LogP contribution in [0.2, 0.25) is 0 Å². The van der Waals surface area contributed by atoms with E-state index in [1.54, 1.807) is 17.4 Å². The lowest BCUT2D eigenvalue weighted by Crippen LogP contribution is -1.97. The van der Waals surface area contributed by atoms with Gasteiger partial charge in [0, 0.05) is 0 Å². The van der Waals surface area contributed by atoms with E-state index in [9.17, 15) is 9.18 Å². The van der Waals surface area contributed by atoms with Crippen LogP contribution in [0.25, 0.3) is 17.2 Å². The number of allylic oxidation sites excluding steroid dienone is 2. The highest BCUT2D eigenvalue weighted by atomic mass is 32.1. The summed E-state index contributed by atoms with van der Waals surface area (Å²) in [4.78, 5) is 11.1. The van der Waals surface area contributed by atoms with Crippen LogP contribution >= 0.6 is 11.3 Å². The number of rotatable bonds is 3. The molecule has 0 atom stereocenters. The molecule has 21 heavy (non-hydrogen) atoms. The Balaban J connectivity index is 2.18. The second-order valence-electron chi connectivity index (χ2n) is 4.98. The van der Waals surface area contributed by atoms with Gasteiger partial charge in [-0.25, -0.2) is 4.39 Å². The van der Waals surface area contributed by atoms with E-state index in [0.29, 0.717) is 11.1 Å². The largest absolute Gasteiger partial charge is 0.481 e. The van der Waals surface area contributed by atoms with E-state index in [1.807, 2.05) is 29.8 Å². The van der Waals surface area contributed by atoms with Crippen LogP contribution in [-0.2, 0) is 4.79 Å². The van der Waals surface area contributed by atoms with E-state index >= 15 is 0 Å². The SMILES string of the molecule is CC1=C(CC(=O)O)c2cc(F)ccc2C1=Cc1ccsc1. The summed E-state index contributed by atoms with van der Waals surface area (Å²) in [5.74, 6) is -1.25. The molecule has 1 aliphatic carbocycles. The number of aliphatic carboxylic acids is 1. The molecule has 2 aromatic rings. The average molecular weight is 300 g/mol. The van der Waals surface area contributed by atoms with Crippen LogP contribution in [0.5, 0.6) is 0 Å². The number of hydrogen-bond donors (Lipinski definition) is 1. The van der Waals surface area contributed by atoms with Gasteiger partial charge >= 0.3 is 5.97 Å². The Hall–Kier alpha value is -2.20. The van der Waals surface area contributed by atoms with Gasteiger partial charge in [-0.3, -0.25) is 4.79 Å². The predicted molar refractivity (Wildman–Crippen MR) is 83.4 cm³/mol. The van der Waals surface area contributed by atoms with Gasteiger partial charge < -0.3 is 5.11 Å². The summed E-state index contributed by atoms with van der Waals surface area (Å²) in [5, 5.41) is 13.1. The van der Waals surface area contributed by atoms with Crippen molar-refractivity contribution in [1.82, 2.24) is 0 Å². The van der Waals surface area contributed by atoms with Crippen molar-refractivity contribution in [3.8, 4) is 0 Å². The van der Waals surface area contributed by atoms with Crippen LogP contribution in [-0.4, -0.2) is 11.1 Å². The highest BCUT2D eigenvalue weighted by Gasteiger charge is 2.25. The summed E-state index contributed by atoms with van der Waals surface area (Å²) in [5.41, 5.74) is 5.23. The lowest BCUT2D eigenvalue weighted by Gasteiger charge is -2.03. The molecule has 0 unspecified atom stereocenters. The van der Waals surface area contributed by atoms with Gasteiger partial charge in [0.15, 0.2) is 0 Å². The van der Waals surface area contributed by atoms with Crippen molar-refractivity contribution >= 4 is 34.5 Å². The molecule has 1 aromatic carbocycles. The smallest absolute Gasteiger partial charge is 0.307 e. The third kappa shape index (κ3) is 2.54. The van der Waals surface area contributed by atoms with Gasteiger partial charge in [-0.15, -0.1) is 0 Å². The van der Waals surface area contributed by atoms with Gasteiger partial charge in [0.25, 0.3) is 0 Å².